The van der Waals surface area contributed by atoms with Crippen molar-refractivity contribution >= 4 is 17.4 Å². The molecule has 0 radical (unpaired) electrons. The molecule has 0 aliphatic heterocycles. The third-order valence-corrected chi connectivity index (χ3v) is 2.70. The molecule has 0 N–H and O–H groups in total. The van der Waals surface area contributed by atoms with Crippen LogP contribution in [0.25, 0.3) is 5.65 Å². The van der Waals surface area contributed by atoms with Crippen molar-refractivity contribution in [3.63, 3.8) is 0 Å². The fourth-order valence-corrected chi connectivity index (χ4v) is 1.88. The Hall–Kier alpha value is -2.02. The van der Waals surface area contributed by atoms with Crippen LogP contribution in [0.2, 0.25) is 0 Å². The Balaban J connectivity index is 1.94. The molecule has 0 saturated carbocycles. The van der Waals surface area contributed by atoms with Crippen LogP contribution in [-0.2, 0) is 0 Å². The molecule has 7 heteroatoms. The molecule has 0 fully saturated rings. The van der Waals surface area contributed by atoms with Crippen LogP contribution >= 0.6 is 11.8 Å². The number of rotatable bonds is 2. The van der Waals surface area contributed by atoms with Crippen molar-refractivity contribution in [2.75, 3.05) is 0 Å². The lowest BCUT2D eigenvalue weighted by Gasteiger charge is -1.98. The van der Waals surface area contributed by atoms with Gasteiger partial charge in [-0.15, -0.1) is 10.2 Å². The predicted octanol–water partition coefficient (Wildman–Crippen LogP) is 1.07. The third kappa shape index (κ3) is 1.72. The minimum atomic E-state index is 0.669. The summed E-state index contributed by atoms with van der Waals surface area (Å²) >= 11 is 1.40. The van der Waals surface area contributed by atoms with Crippen LogP contribution in [0.4, 0.5) is 0 Å². The standard InChI is InChI=1S/C9H6N6S/c1-4-10-9(11-5-1)16-8-3-2-7-13-12-6-15(7)14-8/h1-6H. The van der Waals surface area contributed by atoms with Gasteiger partial charge in [0, 0.05) is 12.4 Å². The molecule has 3 rings (SSSR count). The molecule has 0 spiro atoms. The van der Waals surface area contributed by atoms with Crippen molar-refractivity contribution in [3.8, 4) is 0 Å². The van der Waals surface area contributed by atoms with Crippen molar-refractivity contribution in [3.05, 3.63) is 36.9 Å². The molecule has 3 aromatic heterocycles. The fourth-order valence-electron chi connectivity index (χ4n) is 1.20. The van der Waals surface area contributed by atoms with E-state index in [2.05, 4.69) is 25.3 Å². The highest BCUT2D eigenvalue weighted by Gasteiger charge is 2.03. The molecule has 0 amide bonds. The van der Waals surface area contributed by atoms with Gasteiger partial charge in [-0.2, -0.15) is 9.61 Å². The number of fused-ring (bicyclic) bond motifs is 1. The minimum absolute atomic E-state index is 0.669. The number of hydrogen-bond donors (Lipinski definition) is 0. The molecule has 0 aliphatic rings. The first-order valence-corrected chi connectivity index (χ1v) is 5.35. The SMILES string of the molecule is c1cnc(Sc2ccc3nncn3n2)nc1. The molecule has 16 heavy (non-hydrogen) atoms. The maximum Gasteiger partial charge on any atom is 0.193 e. The van der Waals surface area contributed by atoms with Crippen LogP contribution in [0.3, 0.4) is 0 Å². The van der Waals surface area contributed by atoms with Gasteiger partial charge >= 0.3 is 0 Å². The molecule has 0 aromatic carbocycles. The van der Waals surface area contributed by atoms with E-state index in [0.717, 1.165) is 10.7 Å². The average Bonchev–Trinajstić information content (AvgIpc) is 2.77. The van der Waals surface area contributed by atoms with Gasteiger partial charge in [0.25, 0.3) is 0 Å². The van der Waals surface area contributed by atoms with Crippen LogP contribution < -0.4 is 0 Å². The van der Waals surface area contributed by atoms with E-state index in [1.807, 2.05) is 12.1 Å². The molecular formula is C9H6N6S. The van der Waals surface area contributed by atoms with Crippen LogP contribution in [0.1, 0.15) is 0 Å². The van der Waals surface area contributed by atoms with Gasteiger partial charge in [-0.3, -0.25) is 0 Å². The molecule has 3 heterocycles. The number of hydrogen-bond acceptors (Lipinski definition) is 6. The monoisotopic (exact) mass is 230 g/mol. The van der Waals surface area contributed by atoms with Gasteiger partial charge < -0.3 is 0 Å². The molecule has 0 unspecified atom stereocenters. The highest BCUT2D eigenvalue weighted by atomic mass is 32.2. The van der Waals surface area contributed by atoms with Crippen molar-refractivity contribution in [1.82, 2.24) is 29.8 Å². The maximum absolute atomic E-state index is 4.31. The second-order valence-electron chi connectivity index (χ2n) is 2.94. The lowest BCUT2D eigenvalue weighted by molar-refractivity contribution is 0.847. The van der Waals surface area contributed by atoms with Crippen molar-refractivity contribution < 1.29 is 0 Å². The summed E-state index contributed by atoms with van der Waals surface area (Å²) in [6.45, 7) is 0. The summed E-state index contributed by atoms with van der Waals surface area (Å²) < 4.78 is 1.62. The maximum atomic E-state index is 4.31. The molecular weight excluding hydrogens is 224 g/mol. The van der Waals surface area contributed by atoms with E-state index in [0.29, 0.717) is 5.16 Å². The second kappa shape index (κ2) is 3.86. The Morgan fingerprint density at radius 3 is 2.88 bits per heavy atom. The lowest BCUT2D eigenvalue weighted by Crippen LogP contribution is -1.92. The van der Waals surface area contributed by atoms with Gasteiger partial charge in [-0.05, 0) is 30.0 Å². The Morgan fingerprint density at radius 1 is 1.12 bits per heavy atom. The first-order chi connectivity index (χ1) is 7.92. The molecule has 6 nitrogen and oxygen atoms in total. The van der Waals surface area contributed by atoms with Gasteiger partial charge in [-0.25, -0.2) is 9.97 Å². The molecule has 0 bridgehead atoms. The first-order valence-electron chi connectivity index (χ1n) is 4.54. The third-order valence-electron chi connectivity index (χ3n) is 1.88. The largest absolute Gasteiger partial charge is 0.231 e. The number of nitrogens with zero attached hydrogens (tertiary/aromatic N) is 6. The van der Waals surface area contributed by atoms with E-state index in [-0.39, 0.29) is 0 Å². The second-order valence-corrected chi connectivity index (χ2v) is 3.93. The van der Waals surface area contributed by atoms with E-state index in [9.17, 15) is 0 Å². The molecule has 3 aromatic rings. The summed E-state index contributed by atoms with van der Waals surface area (Å²) in [6.07, 6.45) is 4.96. The summed E-state index contributed by atoms with van der Waals surface area (Å²) in [6, 6.07) is 5.50. The molecule has 0 aliphatic carbocycles. The first kappa shape index (κ1) is 9.22. The van der Waals surface area contributed by atoms with Crippen molar-refractivity contribution in [1.29, 1.82) is 0 Å². The van der Waals surface area contributed by atoms with E-state index in [1.165, 1.54) is 11.8 Å². The summed E-state index contributed by atoms with van der Waals surface area (Å²) in [7, 11) is 0. The quantitative estimate of drug-likeness (QED) is 0.613. The van der Waals surface area contributed by atoms with Gasteiger partial charge in [-0.1, -0.05) is 0 Å². The van der Waals surface area contributed by atoms with Gasteiger partial charge in [0.15, 0.2) is 10.8 Å². The van der Waals surface area contributed by atoms with E-state index < -0.39 is 0 Å². The topological polar surface area (TPSA) is 68.9 Å². The Bertz CT molecular complexity index is 607. The highest BCUT2D eigenvalue weighted by molar-refractivity contribution is 7.99. The Kier molecular flexibility index (Phi) is 2.22. The van der Waals surface area contributed by atoms with Crippen LogP contribution in [0.5, 0.6) is 0 Å². The fraction of sp³-hybridized carbons (Fsp3) is 0. The van der Waals surface area contributed by atoms with Crippen molar-refractivity contribution in [2.45, 2.75) is 10.2 Å². The lowest BCUT2D eigenvalue weighted by atomic mass is 10.6. The zero-order chi connectivity index (χ0) is 10.8. The summed E-state index contributed by atoms with van der Waals surface area (Å²) in [5, 5.41) is 13.4. The average molecular weight is 230 g/mol. The van der Waals surface area contributed by atoms with Crippen LogP contribution in [0, 0.1) is 0 Å². The van der Waals surface area contributed by atoms with E-state index in [1.54, 1.807) is 29.3 Å². The summed E-state index contributed by atoms with van der Waals surface area (Å²) in [5.74, 6) is 0. The zero-order valence-electron chi connectivity index (χ0n) is 8.06. The predicted molar refractivity (Wildman–Crippen MR) is 56.9 cm³/mol. The van der Waals surface area contributed by atoms with E-state index >= 15 is 0 Å². The van der Waals surface area contributed by atoms with Crippen LogP contribution in [0.15, 0.2) is 47.1 Å². The smallest absolute Gasteiger partial charge is 0.193 e. The zero-order valence-corrected chi connectivity index (χ0v) is 8.87. The van der Waals surface area contributed by atoms with Gasteiger partial charge in [0.2, 0.25) is 0 Å². The molecule has 78 valence electrons. The van der Waals surface area contributed by atoms with Gasteiger partial charge in [0.05, 0.1) is 0 Å². The normalized spacial score (nSPS) is 10.8. The highest BCUT2D eigenvalue weighted by Crippen LogP contribution is 2.21. The molecule has 0 saturated heterocycles. The number of aromatic nitrogens is 6. The van der Waals surface area contributed by atoms with E-state index in [4.69, 9.17) is 0 Å². The van der Waals surface area contributed by atoms with Gasteiger partial charge in [0.1, 0.15) is 11.4 Å². The van der Waals surface area contributed by atoms with Crippen molar-refractivity contribution in [2.24, 2.45) is 0 Å². The Morgan fingerprint density at radius 2 is 2.00 bits per heavy atom. The Labute approximate surface area is 94.8 Å². The summed E-state index contributed by atoms with van der Waals surface area (Å²) in [4.78, 5) is 8.23. The minimum Gasteiger partial charge on any atom is -0.231 e. The molecule has 0 atom stereocenters. The summed E-state index contributed by atoms with van der Waals surface area (Å²) in [5.41, 5.74) is 0.721. The van der Waals surface area contributed by atoms with Crippen LogP contribution in [-0.4, -0.2) is 29.8 Å².